The summed E-state index contributed by atoms with van der Waals surface area (Å²) in [5.74, 6) is 1.75. The smallest absolute Gasteiger partial charge is 0.407 e. The van der Waals surface area contributed by atoms with Crippen molar-refractivity contribution in [1.29, 1.82) is 0 Å². The number of aromatic nitrogens is 2. The molecule has 1 atom stereocenters. The number of phenols is 1. The van der Waals surface area contributed by atoms with E-state index in [1.54, 1.807) is 12.1 Å². The first-order chi connectivity index (χ1) is 15.4. The van der Waals surface area contributed by atoms with Crippen LogP contribution in [0.25, 0.3) is 22.3 Å². The second kappa shape index (κ2) is 9.42. The minimum absolute atomic E-state index is 0.0209. The molecule has 7 heteroatoms. The summed E-state index contributed by atoms with van der Waals surface area (Å²) in [6.07, 6.45) is 1.45. The van der Waals surface area contributed by atoms with Gasteiger partial charge in [0.2, 0.25) is 0 Å². The van der Waals surface area contributed by atoms with Crippen LogP contribution in [0.2, 0.25) is 0 Å². The number of ether oxygens (including phenoxy) is 1. The van der Waals surface area contributed by atoms with Crippen molar-refractivity contribution < 1.29 is 14.6 Å². The van der Waals surface area contributed by atoms with Crippen LogP contribution in [-0.2, 0) is 4.74 Å². The molecule has 3 aromatic rings. The van der Waals surface area contributed by atoms with Gasteiger partial charge in [-0.3, -0.25) is 0 Å². The van der Waals surface area contributed by atoms with Crippen LogP contribution in [0, 0.1) is 12.8 Å². The first-order valence-electron chi connectivity index (χ1n) is 11.2. The number of aromatic hydroxyl groups is 1. The lowest BCUT2D eigenvalue weighted by Gasteiger charge is -2.34. The Morgan fingerprint density at radius 2 is 2.06 bits per heavy atom. The highest BCUT2D eigenvalue weighted by Crippen LogP contribution is 2.33. The summed E-state index contributed by atoms with van der Waals surface area (Å²) in [5.41, 5.74) is 2.54. The molecule has 1 aromatic heterocycles. The Morgan fingerprint density at radius 3 is 2.84 bits per heavy atom. The number of phenolic OH excluding ortho intramolecular Hbond substituents is 1. The number of benzene rings is 2. The summed E-state index contributed by atoms with van der Waals surface area (Å²) >= 11 is 0. The number of amides is 1. The van der Waals surface area contributed by atoms with E-state index in [-0.39, 0.29) is 17.9 Å². The van der Waals surface area contributed by atoms with Crippen molar-refractivity contribution in [3.63, 3.8) is 0 Å². The van der Waals surface area contributed by atoms with Crippen LogP contribution in [0.1, 0.15) is 32.3 Å². The fourth-order valence-electron chi connectivity index (χ4n) is 3.99. The van der Waals surface area contributed by atoms with E-state index in [9.17, 15) is 9.90 Å². The van der Waals surface area contributed by atoms with Gasteiger partial charge in [-0.15, -0.1) is 0 Å². The van der Waals surface area contributed by atoms with Gasteiger partial charge in [-0.1, -0.05) is 32.0 Å². The number of anilines is 1. The maximum Gasteiger partial charge on any atom is 0.407 e. The number of nitrogens with zero attached hydrogens (tertiary/aromatic N) is 3. The molecule has 0 unspecified atom stereocenters. The summed E-state index contributed by atoms with van der Waals surface area (Å²) < 4.78 is 5.30. The zero-order valence-electron chi connectivity index (χ0n) is 18.8. The molecule has 0 radical (unpaired) electrons. The number of piperidine rings is 1. The van der Waals surface area contributed by atoms with Gasteiger partial charge >= 0.3 is 6.09 Å². The normalized spacial score (nSPS) is 16.4. The largest absolute Gasteiger partial charge is 0.507 e. The van der Waals surface area contributed by atoms with Gasteiger partial charge in [-0.2, -0.15) is 0 Å². The van der Waals surface area contributed by atoms with Crippen molar-refractivity contribution in [2.45, 2.75) is 39.7 Å². The monoisotopic (exact) mass is 434 g/mol. The van der Waals surface area contributed by atoms with Crippen molar-refractivity contribution in [2.24, 2.45) is 5.92 Å². The van der Waals surface area contributed by atoms with E-state index in [2.05, 4.69) is 16.3 Å². The molecule has 0 aliphatic carbocycles. The number of alkyl carbamates (subject to hydrolysis) is 1. The van der Waals surface area contributed by atoms with Crippen LogP contribution >= 0.6 is 0 Å². The molecule has 0 bridgehead atoms. The zero-order valence-corrected chi connectivity index (χ0v) is 18.8. The molecule has 7 nitrogen and oxygen atoms in total. The number of carbonyl (C=O) groups excluding carboxylic acids is 1. The Balaban J connectivity index is 1.65. The summed E-state index contributed by atoms with van der Waals surface area (Å²) in [6.45, 7) is 7.93. The molecule has 1 saturated heterocycles. The third kappa shape index (κ3) is 4.93. The predicted octanol–water partition coefficient (Wildman–Crippen LogP) is 4.66. The maximum absolute atomic E-state index is 12.2. The molecule has 1 amide bonds. The Hall–Kier alpha value is -3.35. The predicted molar refractivity (Wildman–Crippen MR) is 126 cm³/mol. The molecule has 2 N–H and O–H groups in total. The lowest BCUT2D eigenvalue weighted by atomic mass is 10.0. The number of carbonyl (C=O) groups is 1. The average Bonchev–Trinajstić information content (AvgIpc) is 2.77. The maximum atomic E-state index is 12.2. The van der Waals surface area contributed by atoms with E-state index in [0.29, 0.717) is 30.5 Å². The summed E-state index contributed by atoms with van der Waals surface area (Å²) in [4.78, 5) is 24.0. The zero-order chi connectivity index (χ0) is 22.7. The van der Waals surface area contributed by atoms with Gasteiger partial charge in [0.05, 0.1) is 17.7 Å². The number of para-hydroxylation sites is 1. The van der Waals surface area contributed by atoms with Crippen molar-refractivity contribution in [1.82, 2.24) is 15.3 Å². The quantitative estimate of drug-likeness (QED) is 0.607. The average molecular weight is 435 g/mol. The Bertz CT molecular complexity index is 1120. The Morgan fingerprint density at radius 1 is 1.25 bits per heavy atom. The summed E-state index contributed by atoms with van der Waals surface area (Å²) in [7, 11) is 0. The highest BCUT2D eigenvalue weighted by Gasteiger charge is 2.25. The van der Waals surface area contributed by atoms with Gasteiger partial charge in [0.15, 0.2) is 5.82 Å². The minimum atomic E-state index is -0.372. The van der Waals surface area contributed by atoms with Gasteiger partial charge in [0, 0.05) is 24.5 Å². The van der Waals surface area contributed by atoms with Crippen molar-refractivity contribution in [3.8, 4) is 17.1 Å². The topological polar surface area (TPSA) is 87.6 Å². The highest BCUT2D eigenvalue weighted by atomic mass is 16.5. The van der Waals surface area contributed by atoms with Gasteiger partial charge in [-0.05, 0) is 55.5 Å². The lowest BCUT2D eigenvalue weighted by Crippen LogP contribution is -2.48. The molecule has 1 fully saturated rings. The number of nitrogens with one attached hydrogen (secondary N) is 1. The minimum Gasteiger partial charge on any atom is -0.507 e. The lowest BCUT2D eigenvalue weighted by molar-refractivity contribution is 0.128. The standard InChI is InChI=1S/C25H30N4O3/c1-16(2)15-32-25(31)26-18-7-6-12-29(14-18)24-19-11-10-17(3)13-21(19)27-23(28-24)20-8-4-5-9-22(20)30/h4-5,8-11,13,16,18,30H,6-7,12,14-15H2,1-3H3,(H,26,31)/t18-/m1/s1. The number of hydrogen-bond acceptors (Lipinski definition) is 6. The number of hydrogen-bond donors (Lipinski definition) is 2. The molecule has 168 valence electrons. The van der Waals surface area contributed by atoms with E-state index >= 15 is 0 Å². The van der Waals surface area contributed by atoms with Crippen molar-refractivity contribution in [2.75, 3.05) is 24.6 Å². The molecule has 1 aliphatic heterocycles. The van der Waals surface area contributed by atoms with Crippen LogP contribution in [0.15, 0.2) is 42.5 Å². The van der Waals surface area contributed by atoms with Gasteiger partial charge in [0.25, 0.3) is 0 Å². The number of fused-ring (bicyclic) bond motifs is 1. The number of aryl methyl sites for hydroxylation is 1. The second-order valence-corrected chi connectivity index (χ2v) is 8.83. The molecule has 0 saturated carbocycles. The Labute approximate surface area is 188 Å². The van der Waals surface area contributed by atoms with Crippen LogP contribution < -0.4 is 10.2 Å². The molecule has 0 spiro atoms. The molecular formula is C25H30N4O3. The van der Waals surface area contributed by atoms with Gasteiger partial charge in [0.1, 0.15) is 11.6 Å². The SMILES string of the molecule is Cc1ccc2c(N3CCC[C@@H](NC(=O)OCC(C)C)C3)nc(-c3ccccc3O)nc2c1. The van der Waals surface area contributed by atoms with E-state index < -0.39 is 0 Å². The van der Waals surface area contributed by atoms with E-state index in [4.69, 9.17) is 14.7 Å². The molecule has 32 heavy (non-hydrogen) atoms. The van der Waals surface area contributed by atoms with E-state index in [0.717, 1.165) is 41.7 Å². The van der Waals surface area contributed by atoms with Crippen LogP contribution in [0.4, 0.5) is 10.6 Å². The second-order valence-electron chi connectivity index (χ2n) is 8.83. The molecule has 2 aromatic carbocycles. The fraction of sp³-hybridized carbons (Fsp3) is 0.400. The Kier molecular flexibility index (Phi) is 6.44. The van der Waals surface area contributed by atoms with Gasteiger partial charge < -0.3 is 20.1 Å². The highest BCUT2D eigenvalue weighted by molar-refractivity contribution is 5.92. The third-order valence-electron chi connectivity index (χ3n) is 5.57. The summed E-state index contributed by atoms with van der Waals surface area (Å²) in [6, 6.07) is 13.2. The van der Waals surface area contributed by atoms with Crippen LogP contribution in [0.3, 0.4) is 0 Å². The van der Waals surface area contributed by atoms with Crippen LogP contribution in [0.5, 0.6) is 5.75 Å². The molecule has 1 aliphatic rings. The number of rotatable bonds is 5. The van der Waals surface area contributed by atoms with Gasteiger partial charge in [-0.25, -0.2) is 14.8 Å². The molecule has 4 rings (SSSR count). The van der Waals surface area contributed by atoms with E-state index in [1.807, 2.05) is 45.0 Å². The van der Waals surface area contributed by atoms with Crippen LogP contribution in [-0.4, -0.2) is 46.9 Å². The first kappa shape index (κ1) is 21.9. The first-order valence-corrected chi connectivity index (χ1v) is 11.2. The molecular weight excluding hydrogens is 404 g/mol. The molecule has 2 heterocycles. The van der Waals surface area contributed by atoms with E-state index in [1.165, 1.54) is 0 Å². The van der Waals surface area contributed by atoms with Crippen molar-refractivity contribution in [3.05, 3.63) is 48.0 Å². The fourth-order valence-corrected chi connectivity index (χ4v) is 3.99. The van der Waals surface area contributed by atoms with Crippen molar-refractivity contribution >= 4 is 22.8 Å². The summed E-state index contributed by atoms with van der Waals surface area (Å²) in [5, 5.41) is 14.3. The third-order valence-corrected chi connectivity index (χ3v) is 5.57.